The summed E-state index contributed by atoms with van der Waals surface area (Å²) in [5.41, 5.74) is 2.42. The molecule has 0 saturated heterocycles. The maximum absolute atomic E-state index is 13.7. The highest BCUT2D eigenvalue weighted by Gasteiger charge is 2.23. The van der Waals surface area contributed by atoms with E-state index in [4.69, 9.17) is 0 Å². The van der Waals surface area contributed by atoms with Crippen LogP contribution in [0.25, 0.3) is 0 Å². The van der Waals surface area contributed by atoms with Crippen LogP contribution in [0.3, 0.4) is 0 Å². The van der Waals surface area contributed by atoms with Crippen LogP contribution < -0.4 is 4.72 Å². The molecule has 1 N–H and O–H groups in total. The summed E-state index contributed by atoms with van der Waals surface area (Å²) in [5.74, 6) is -1.54. The molecule has 0 radical (unpaired) electrons. The van der Waals surface area contributed by atoms with Crippen molar-refractivity contribution in [2.45, 2.75) is 32.6 Å². The molecule has 2 rings (SSSR count). The van der Waals surface area contributed by atoms with Gasteiger partial charge in [0.05, 0.1) is 10.6 Å². The average Bonchev–Trinajstić information content (AvgIpc) is 2.40. The van der Waals surface area contributed by atoms with Crippen LogP contribution in [-0.2, 0) is 10.0 Å². The van der Waals surface area contributed by atoms with Crippen molar-refractivity contribution in [3.8, 4) is 0 Å². The van der Waals surface area contributed by atoms with Gasteiger partial charge in [0.15, 0.2) is 0 Å². The third-order valence-electron chi connectivity index (χ3n) is 3.74. The number of aryl methyl sites for hydroxylation is 2. The molecule has 0 aliphatic rings. The van der Waals surface area contributed by atoms with Crippen LogP contribution in [0.1, 0.15) is 22.3 Å². The van der Waals surface area contributed by atoms with E-state index < -0.39 is 27.3 Å². The molecular weight excluding hydrogens is 308 g/mol. The molecule has 3 nitrogen and oxygen atoms in total. The van der Waals surface area contributed by atoms with Crippen LogP contribution in [0.2, 0.25) is 0 Å². The maximum atomic E-state index is 13.7. The molecule has 2 aromatic rings. The van der Waals surface area contributed by atoms with Gasteiger partial charge in [0, 0.05) is 6.07 Å². The summed E-state index contributed by atoms with van der Waals surface area (Å²) in [4.78, 5) is 0.105. The van der Waals surface area contributed by atoms with Crippen molar-refractivity contribution < 1.29 is 17.2 Å². The Morgan fingerprint density at radius 3 is 2.00 bits per heavy atom. The first-order chi connectivity index (χ1) is 10.1. The van der Waals surface area contributed by atoms with E-state index in [0.717, 1.165) is 29.3 Å². The van der Waals surface area contributed by atoms with Crippen molar-refractivity contribution in [2.24, 2.45) is 0 Å². The molecule has 2 aromatic carbocycles. The van der Waals surface area contributed by atoms with Gasteiger partial charge in [-0.15, -0.1) is 0 Å². The van der Waals surface area contributed by atoms with E-state index in [-0.39, 0.29) is 4.90 Å². The third-order valence-corrected chi connectivity index (χ3v) is 5.38. The van der Waals surface area contributed by atoms with Gasteiger partial charge in [0.25, 0.3) is 10.0 Å². The fourth-order valence-corrected chi connectivity index (χ4v) is 4.03. The minimum Gasteiger partial charge on any atom is -0.277 e. The number of sulfonamides is 1. The topological polar surface area (TPSA) is 46.2 Å². The Bertz CT molecular complexity index is 819. The zero-order valence-corrected chi connectivity index (χ0v) is 13.6. The molecule has 0 amide bonds. The summed E-state index contributed by atoms with van der Waals surface area (Å²) in [6.45, 7) is 7.00. The van der Waals surface area contributed by atoms with Gasteiger partial charge >= 0.3 is 0 Å². The van der Waals surface area contributed by atoms with E-state index in [1.807, 2.05) is 19.9 Å². The second-order valence-electron chi connectivity index (χ2n) is 5.32. The molecule has 0 heterocycles. The Kier molecular flexibility index (Phi) is 4.24. The van der Waals surface area contributed by atoms with E-state index >= 15 is 0 Å². The predicted molar refractivity (Wildman–Crippen MR) is 82.6 cm³/mol. The summed E-state index contributed by atoms with van der Waals surface area (Å²) < 4.78 is 54.3. The van der Waals surface area contributed by atoms with E-state index in [1.165, 1.54) is 0 Å². The lowest BCUT2D eigenvalue weighted by Crippen LogP contribution is -2.18. The van der Waals surface area contributed by atoms with Gasteiger partial charge in [-0.3, -0.25) is 4.72 Å². The fraction of sp³-hybridized carbons (Fsp3) is 0.250. The predicted octanol–water partition coefficient (Wildman–Crippen LogP) is 4.00. The normalized spacial score (nSPS) is 11.5. The highest BCUT2D eigenvalue weighted by atomic mass is 32.2. The molecule has 0 aromatic heterocycles. The molecule has 0 atom stereocenters. The lowest BCUT2D eigenvalue weighted by atomic mass is 10.0. The first-order valence-electron chi connectivity index (χ1n) is 6.68. The minimum absolute atomic E-state index is 0.105. The molecule has 0 spiro atoms. The van der Waals surface area contributed by atoms with Crippen molar-refractivity contribution in [1.29, 1.82) is 0 Å². The largest absolute Gasteiger partial charge is 0.277 e. The smallest absolute Gasteiger partial charge is 0.262 e. The van der Waals surface area contributed by atoms with Crippen molar-refractivity contribution in [1.82, 2.24) is 0 Å². The molecule has 6 heteroatoms. The summed E-state index contributed by atoms with van der Waals surface area (Å²) in [6.07, 6.45) is 0. The highest BCUT2D eigenvalue weighted by Crippen LogP contribution is 2.28. The summed E-state index contributed by atoms with van der Waals surface area (Å²) in [7, 11) is -4.02. The Hall–Kier alpha value is -1.95. The standard InChI is InChI=1S/C16H17F2NO2S/c1-9-7-10(2)12(4)16(11(9)3)22(20,21)19-15-8-13(17)5-6-14(15)18/h5-8,19H,1-4H3. The molecule has 0 saturated carbocycles. The van der Waals surface area contributed by atoms with Gasteiger partial charge in [-0.1, -0.05) is 6.07 Å². The lowest BCUT2D eigenvalue weighted by Gasteiger charge is -2.17. The molecular formula is C16H17F2NO2S. The van der Waals surface area contributed by atoms with Crippen molar-refractivity contribution in [2.75, 3.05) is 4.72 Å². The number of anilines is 1. The molecule has 0 fully saturated rings. The zero-order valence-electron chi connectivity index (χ0n) is 12.8. The number of benzene rings is 2. The van der Waals surface area contributed by atoms with Crippen LogP contribution >= 0.6 is 0 Å². The van der Waals surface area contributed by atoms with Gasteiger partial charge in [-0.25, -0.2) is 17.2 Å². The molecule has 22 heavy (non-hydrogen) atoms. The monoisotopic (exact) mass is 325 g/mol. The van der Waals surface area contributed by atoms with Crippen LogP contribution in [0.4, 0.5) is 14.5 Å². The average molecular weight is 325 g/mol. The Morgan fingerprint density at radius 1 is 0.909 bits per heavy atom. The van der Waals surface area contributed by atoms with Crippen molar-refractivity contribution >= 4 is 15.7 Å². The van der Waals surface area contributed by atoms with Crippen LogP contribution in [0, 0.1) is 39.3 Å². The second kappa shape index (κ2) is 5.68. The third kappa shape index (κ3) is 2.97. The molecule has 0 bridgehead atoms. The first kappa shape index (κ1) is 16.4. The van der Waals surface area contributed by atoms with Crippen molar-refractivity contribution in [3.05, 3.63) is 58.2 Å². The van der Waals surface area contributed by atoms with E-state index in [2.05, 4.69) is 4.72 Å². The minimum atomic E-state index is -4.02. The number of halogens is 2. The summed E-state index contributed by atoms with van der Waals surface area (Å²) in [5, 5.41) is 0. The second-order valence-corrected chi connectivity index (χ2v) is 6.94. The van der Waals surface area contributed by atoms with E-state index in [1.54, 1.807) is 13.8 Å². The SMILES string of the molecule is Cc1cc(C)c(C)c(S(=O)(=O)Nc2cc(F)ccc2F)c1C. The van der Waals surface area contributed by atoms with Gasteiger partial charge in [-0.2, -0.15) is 0 Å². The first-order valence-corrected chi connectivity index (χ1v) is 8.17. The van der Waals surface area contributed by atoms with Gasteiger partial charge in [0.2, 0.25) is 0 Å². The van der Waals surface area contributed by atoms with Crippen LogP contribution in [0.15, 0.2) is 29.2 Å². The zero-order chi connectivity index (χ0) is 16.7. The van der Waals surface area contributed by atoms with E-state index in [9.17, 15) is 17.2 Å². The van der Waals surface area contributed by atoms with Crippen LogP contribution in [-0.4, -0.2) is 8.42 Å². The Balaban J connectivity index is 2.59. The number of hydrogen-bond acceptors (Lipinski definition) is 2. The highest BCUT2D eigenvalue weighted by molar-refractivity contribution is 7.92. The summed E-state index contributed by atoms with van der Waals surface area (Å²) in [6, 6.07) is 4.53. The summed E-state index contributed by atoms with van der Waals surface area (Å²) >= 11 is 0. The van der Waals surface area contributed by atoms with Gasteiger partial charge < -0.3 is 0 Å². The Morgan fingerprint density at radius 2 is 1.45 bits per heavy atom. The molecule has 0 aliphatic heterocycles. The number of nitrogens with one attached hydrogen (secondary N) is 1. The Labute approximate surface area is 129 Å². The van der Waals surface area contributed by atoms with Gasteiger partial charge in [0.1, 0.15) is 11.6 Å². The number of rotatable bonds is 3. The molecule has 0 aliphatic carbocycles. The lowest BCUT2D eigenvalue weighted by molar-refractivity contribution is 0.593. The molecule has 118 valence electrons. The molecule has 0 unspecified atom stereocenters. The van der Waals surface area contributed by atoms with Crippen LogP contribution in [0.5, 0.6) is 0 Å². The maximum Gasteiger partial charge on any atom is 0.262 e. The quantitative estimate of drug-likeness (QED) is 0.927. The van der Waals surface area contributed by atoms with Crippen molar-refractivity contribution in [3.63, 3.8) is 0 Å². The fourth-order valence-electron chi connectivity index (χ4n) is 2.36. The van der Waals surface area contributed by atoms with E-state index in [0.29, 0.717) is 11.1 Å². The number of hydrogen-bond donors (Lipinski definition) is 1. The van der Waals surface area contributed by atoms with Gasteiger partial charge in [-0.05, 0) is 62.1 Å².